The number of carbonyl (C=O) groups is 2. The molecule has 0 saturated carbocycles. The van der Waals surface area contributed by atoms with Gasteiger partial charge in [-0.3, -0.25) is 4.79 Å². The largest absolute Gasteiger partial charge is 0.342 e. The lowest BCUT2D eigenvalue weighted by Gasteiger charge is -2.13. The molecule has 108 valence electrons. The van der Waals surface area contributed by atoms with Gasteiger partial charge in [0.25, 0.3) is 5.91 Å². The summed E-state index contributed by atoms with van der Waals surface area (Å²) in [6.07, 6.45) is 7.11. The SMILES string of the molecule is C=CC[C@@H](C=O)NC(=O)c1ccccc1CCCCC. The molecule has 1 atom stereocenters. The van der Waals surface area contributed by atoms with Crippen LogP contribution in [0.25, 0.3) is 0 Å². The van der Waals surface area contributed by atoms with E-state index in [1.165, 1.54) is 0 Å². The molecule has 0 radical (unpaired) electrons. The highest BCUT2D eigenvalue weighted by atomic mass is 16.2. The van der Waals surface area contributed by atoms with Crippen molar-refractivity contribution in [2.75, 3.05) is 0 Å². The van der Waals surface area contributed by atoms with Crippen LogP contribution in [0.1, 0.15) is 48.5 Å². The number of carbonyl (C=O) groups excluding carboxylic acids is 2. The zero-order valence-corrected chi connectivity index (χ0v) is 12.1. The van der Waals surface area contributed by atoms with E-state index in [-0.39, 0.29) is 5.91 Å². The van der Waals surface area contributed by atoms with Crippen molar-refractivity contribution in [3.8, 4) is 0 Å². The number of hydrogen-bond donors (Lipinski definition) is 1. The van der Waals surface area contributed by atoms with Crippen molar-refractivity contribution in [3.05, 3.63) is 48.0 Å². The van der Waals surface area contributed by atoms with Crippen LogP contribution in [0, 0.1) is 0 Å². The molecule has 0 fully saturated rings. The predicted molar refractivity (Wildman–Crippen MR) is 81.8 cm³/mol. The lowest BCUT2D eigenvalue weighted by molar-refractivity contribution is -0.109. The molecular formula is C17H23NO2. The van der Waals surface area contributed by atoms with Gasteiger partial charge in [0.05, 0.1) is 6.04 Å². The van der Waals surface area contributed by atoms with Crippen molar-refractivity contribution < 1.29 is 9.59 Å². The maximum absolute atomic E-state index is 12.2. The number of rotatable bonds is 9. The summed E-state index contributed by atoms with van der Waals surface area (Å²) in [5.74, 6) is -0.184. The van der Waals surface area contributed by atoms with Crippen molar-refractivity contribution in [1.82, 2.24) is 5.32 Å². The predicted octanol–water partition coefficient (Wildman–Crippen LogP) is 3.29. The van der Waals surface area contributed by atoms with E-state index in [1.807, 2.05) is 24.3 Å². The third-order valence-electron chi connectivity index (χ3n) is 3.21. The van der Waals surface area contributed by atoms with E-state index in [2.05, 4.69) is 18.8 Å². The number of amides is 1. The first-order valence-corrected chi connectivity index (χ1v) is 7.17. The second-order valence-corrected chi connectivity index (χ2v) is 4.85. The van der Waals surface area contributed by atoms with Crippen LogP contribution in [0.15, 0.2) is 36.9 Å². The van der Waals surface area contributed by atoms with Gasteiger partial charge < -0.3 is 10.1 Å². The van der Waals surface area contributed by atoms with Gasteiger partial charge in [-0.25, -0.2) is 0 Å². The van der Waals surface area contributed by atoms with Crippen LogP contribution in [0.3, 0.4) is 0 Å². The normalized spacial score (nSPS) is 11.7. The van der Waals surface area contributed by atoms with Crippen molar-refractivity contribution in [2.24, 2.45) is 0 Å². The Kier molecular flexibility index (Phi) is 7.33. The van der Waals surface area contributed by atoms with Crippen molar-refractivity contribution in [1.29, 1.82) is 0 Å². The molecule has 0 saturated heterocycles. The third-order valence-corrected chi connectivity index (χ3v) is 3.21. The molecule has 3 heteroatoms. The van der Waals surface area contributed by atoms with Gasteiger partial charge in [-0.2, -0.15) is 0 Å². The minimum Gasteiger partial charge on any atom is -0.342 e. The standard InChI is InChI=1S/C17H23NO2/c1-3-5-6-10-14-11-7-8-12-16(14)17(20)18-15(13-19)9-4-2/h4,7-8,11-13,15H,2-3,5-6,9-10H2,1H3,(H,18,20)/t15-/m0/s1. The van der Waals surface area contributed by atoms with Gasteiger partial charge in [0.15, 0.2) is 0 Å². The first-order chi connectivity index (χ1) is 9.72. The molecule has 1 aromatic rings. The Bertz CT molecular complexity index is 454. The number of hydrogen-bond acceptors (Lipinski definition) is 2. The van der Waals surface area contributed by atoms with E-state index in [1.54, 1.807) is 6.08 Å². The first-order valence-electron chi connectivity index (χ1n) is 7.17. The molecule has 1 amide bonds. The van der Waals surface area contributed by atoms with E-state index in [0.717, 1.165) is 37.5 Å². The number of unbranched alkanes of at least 4 members (excludes halogenated alkanes) is 2. The fourth-order valence-electron chi connectivity index (χ4n) is 2.10. The monoisotopic (exact) mass is 273 g/mol. The molecule has 0 aromatic heterocycles. The van der Waals surface area contributed by atoms with Crippen LogP contribution < -0.4 is 5.32 Å². The first kappa shape index (κ1) is 16.2. The minimum atomic E-state index is -0.497. The Balaban J connectivity index is 2.75. The molecular weight excluding hydrogens is 250 g/mol. The van der Waals surface area contributed by atoms with Crippen LogP contribution in [-0.4, -0.2) is 18.2 Å². The molecule has 0 aliphatic carbocycles. The fraction of sp³-hybridized carbons (Fsp3) is 0.412. The summed E-state index contributed by atoms with van der Waals surface area (Å²) in [5.41, 5.74) is 1.71. The molecule has 20 heavy (non-hydrogen) atoms. The van der Waals surface area contributed by atoms with Gasteiger partial charge in [0.2, 0.25) is 0 Å². The highest BCUT2D eigenvalue weighted by molar-refractivity contribution is 5.97. The smallest absolute Gasteiger partial charge is 0.252 e. The Morgan fingerprint density at radius 3 is 2.75 bits per heavy atom. The van der Waals surface area contributed by atoms with Gasteiger partial charge in [-0.05, 0) is 30.9 Å². The Hall–Kier alpha value is -1.90. The second kappa shape index (κ2) is 9.08. The molecule has 3 nitrogen and oxygen atoms in total. The van der Waals surface area contributed by atoms with E-state index >= 15 is 0 Å². The van der Waals surface area contributed by atoms with Gasteiger partial charge >= 0.3 is 0 Å². The Morgan fingerprint density at radius 2 is 2.10 bits per heavy atom. The highest BCUT2D eigenvalue weighted by Gasteiger charge is 2.14. The molecule has 0 aliphatic heterocycles. The molecule has 0 aliphatic rings. The van der Waals surface area contributed by atoms with Crippen LogP contribution in [-0.2, 0) is 11.2 Å². The van der Waals surface area contributed by atoms with Crippen molar-refractivity contribution in [2.45, 2.75) is 45.1 Å². The topological polar surface area (TPSA) is 46.2 Å². The quantitative estimate of drug-likeness (QED) is 0.426. The van der Waals surface area contributed by atoms with Crippen molar-refractivity contribution in [3.63, 3.8) is 0 Å². The Labute approximate surface area is 121 Å². The summed E-state index contributed by atoms with van der Waals surface area (Å²) in [7, 11) is 0. The molecule has 1 aromatic carbocycles. The lowest BCUT2D eigenvalue weighted by atomic mass is 10.0. The third kappa shape index (κ3) is 5.00. The molecule has 1 N–H and O–H groups in total. The average Bonchev–Trinajstić information content (AvgIpc) is 2.47. The summed E-state index contributed by atoms with van der Waals surface area (Å²) in [5, 5.41) is 2.74. The zero-order chi connectivity index (χ0) is 14.8. The Morgan fingerprint density at radius 1 is 1.35 bits per heavy atom. The highest BCUT2D eigenvalue weighted by Crippen LogP contribution is 2.13. The maximum atomic E-state index is 12.2. The molecule has 0 unspecified atom stereocenters. The van der Waals surface area contributed by atoms with E-state index in [9.17, 15) is 9.59 Å². The summed E-state index contributed by atoms with van der Waals surface area (Å²) >= 11 is 0. The summed E-state index contributed by atoms with van der Waals surface area (Å²) in [6.45, 7) is 5.74. The van der Waals surface area contributed by atoms with Crippen LogP contribution in [0.4, 0.5) is 0 Å². The van der Waals surface area contributed by atoms with E-state index < -0.39 is 6.04 Å². The number of nitrogens with one attached hydrogen (secondary N) is 1. The molecule has 0 spiro atoms. The lowest BCUT2D eigenvalue weighted by Crippen LogP contribution is -2.36. The van der Waals surface area contributed by atoms with Crippen LogP contribution >= 0.6 is 0 Å². The summed E-state index contributed by atoms with van der Waals surface area (Å²) in [4.78, 5) is 23.1. The van der Waals surface area contributed by atoms with Crippen molar-refractivity contribution >= 4 is 12.2 Å². The number of benzene rings is 1. The average molecular weight is 273 g/mol. The number of aryl methyl sites for hydroxylation is 1. The van der Waals surface area contributed by atoms with Gasteiger partial charge in [-0.15, -0.1) is 6.58 Å². The molecule has 1 rings (SSSR count). The number of aldehydes is 1. The maximum Gasteiger partial charge on any atom is 0.252 e. The molecule has 0 heterocycles. The van der Waals surface area contributed by atoms with Crippen LogP contribution in [0.5, 0.6) is 0 Å². The van der Waals surface area contributed by atoms with Gasteiger partial charge in [0, 0.05) is 5.56 Å². The van der Waals surface area contributed by atoms with Gasteiger partial charge in [-0.1, -0.05) is 44.0 Å². The van der Waals surface area contributed by atoms with Crippen LogP contribution in [0.2, 0.25) is 0 Å². The van der Waals surface area contributed by atoms with Gasteiger partial charge in [0.1, 0.15) is 6.29 Å². The second-order valence-electron chi connectivity index (χ2n) is 4.85. The minimum absolute atomic E-state index is 0.184. The summed E-state index contributed by atoms with van der Waals surface area (Å²) in [6, 6.07) is 7.09. The molecule has 0 bridgehead atoms. The zero-order valence-electron chi connectivity index (χ0n) is 12.1. The van der Waals surface area contributed by atoms with E-state index in [4.69, 9.17) is 0 Å². The fourth-order valence-corrected chi connectivity index (χ4v) is 2.10. The summed E-state index contributed by atoms with van der Waals surface area (Å²) < 4.78 is 0. The van der Waals surface area contributed by atoms with E-state index in [0.29, 0.717) is 12.0 Å².